The van der Waals surface area contributed by atoms with Crippen molar-refractivity contribution in [3.63, 3.8) is 0 Å². The minimum Gasteiger partial charge on any atom is -0.301 e. The summed E-state index contributed by atoms with van der Waals surface area (Å²) < 4.78 is 0. The monoisotopic (exact) mass is 364 g/mol. The number of likely N-dealkylation sites (tertiary alicyclic amines) is 1. The Morgan fingerprint density at radius 2 is 1.78 bits per heavy atom. The lowest BCUT2D eigenvalue weighted by Crippen LogP contribution is -2.48. The molecule has 0 radical (unpaired) electrons. The first-order chi connectivity index (χ1) is 13.3. The molecular weight excluding hydrogens is 332 g/mol. The molecule has 3 atom stereocenters. The molecule has 2 heterocycles. The van der Waals surface area contributed by atoms with Crippen LogP contribution in [0.5, 0.6) is 0 Å². The van der Waals surface area contributed by atoms with Gasteiger partial charge in [0.1, 0.15) is 0 Å². The Morgan fingerprint density at radius 3 is 2.56 bits per heavy atom. The maximum atomic E-state index is 3.49. The van der Waals surface area contributed by atoms with Crippen molar-refractivity contribution in [3.8, 4) is 0 Å². The van der Waals surface area contributed by atoms with Gasteiger partial charge in [0.15, 0.2) is 0 Å². The molecule has 2 aliphatic rings. The molecule has 0 bridgehead atoms. The number of hydrogen-bond donors (Lipinski definition) is 2. The van der Waals surface area contributed by atoms with Gasteiger partial charge in [-0.15, -0.1) is 0 Å². The molecule has 2 aromatic carbocycles. The van der Waals surface area contributed by atoms with Gasteiger partial charge >= 0.3 is 0 Å². The van der Waals surface area contributed by atoms with E-state index in [1.165, 1.54) is 37.1 Å². The third kappa shape index (κ3) is 4.77. The lowest BCUT2D eigenvalue weighted by molar-refractivity contribution is 0.0991. The molecule has 2 N–H and O–H groups in total. The van der Waals surface area contributed by atoms with Crippen LogP contribution >= 0.6 is 0 Å². The van der Waals surface area contributed by atoms with E-state index in [-0.39, 0.29) is 0 Å². The van der Waals surface area contributed by atoms with E-state index in [9.17, 15) is 0 Å². The van der Waals surface area contributed by atoms with E-state index >= 15 is 0 Å². The van der Waals surface area contributed by atoms with Gasteiger partial charge in [-0.25, -0.2) is 5.43 Å². The van der Waals surface area contributed by atoms with Gasteiger partial charge in [-0.1, -0.05) is 60.7 Å². The summed E-state index contributed by atoms with van der Waals surface area (Å²) in [5.41, 5.74) is 9.68. The van der Waals surface area contributed by atoms with Crippen LogP contribution in [-0.2, 0) is 6.54 Å². The molecule has 0 spiro atoms. The molecule has 144 valence electrons. The lowest BCUT2D eigenvalue weighted by Gasteiger charge is -2.39. The summed E-state index contributed by atoms with van der Waals surface area (Å²) in [6, 6.07) is 22.8. The largest absolute Gasteiger partial charge is 0.301 e. The fraction of sp³-hybridized carbons (Fsp3) is 0.478. The van der Waals surface area contributed by atoms with Crippen molar-refractivity contribution in [2.75, 3.05) is 33.2 Å². The Hall–Kier alpha value is -1.72. The van der Waals surface area contributed by atoms with E-state index in [2.05, 4.69) is 88.4 Å². The summed E-state index contributed by atoms with van der Waals surface area (Å²) >= 11 is 0. The quantitative estimate of drug-likeness (QED) is 0.825. The molecule has 2 saturated heterocycles. The van der Waals surface area contributed by atoms with Gasteiger partial charge < -0.3 is 4.90 Å². The lowest BCUT2D eigenvalue weighted by atomic mass is 9.93. The molecule has 27 heavy (non-hydrogen) atoms. The number of hydrazine groups is 1. The van der Waals surface area contributed by atoms with Gasteiger partial charge in [0, 0.05) is 38.1 Å². The van der Waals surface area contributed by atoms with Crippen LogP contribution in [0, 0.1) is 5.92 Å². The number of likely N-dealkylation sites (N-methyl/N-ethyl adjacent to an activating group) is 1. The molecule has 3 unspecified atom stereocenters. The summed E-state index contributed by atoms with van der Waals surface area (Å²) in [5, 5.41) is 0. The summed E-state index contributed by atoms with van der Waals surface area (Å²) in [5.74, 6) is 0.616. The summed E-state index contributed by atoms with van der Waals surface area (Å²) in [7, 11) is 2.28. The van der Waals surface area contributed by atoms with E-state index in [0.29, 0.717) is 18.0 Å². The number of rotatable bonds is 6. The highest BCUT2D eigenvalue weighted by molar-refractivity contribution is 5.21. The fourth-order valence-electron chi connectivity index (χ4n) is 4.61. The second kappa shape index (κ2) is 8.98. The number of nitrogens with zero attached hydrogens (tertiary/aromatic N) is 2. The second-order valence-electron chi connectivity index (χ2n) is 8.13. The predicted octanol–water partition coefficient (Wildman–Crippen LogP) is 3.05. The fourth-order valence-corrected chi connectivity index (χ4v) is 4.61. The van der Waals surface area contributed by atoms with Gasteiger partial charge in [-0.05, 0) is 37.6 Å². The van der Waals surface area contributed by atoms with Crippen molar-refractivity contribution in [1.29, 1.82) is 0 Å². The molecule has 0 aliphatic carbocycles. The van der Waals surface area contributed by atoms with Gasteiger partial charge in [0.25, 0.3) is 0 Å². The molecule has 2 fully saturated rings. The van der Waals surface area contributed by atoms with Gasteiger partial charge in [-0.3, -0.25) is 10.3 Å². The number of benzene rings is 2. The predicted molar refractivity (Wildman–Crippen MR) is 111 cm³/mol. The van der Waals surface area contributed by atoms with Crippen molar-refractivity contribution in [3.05, 3.63) is 71.8 Å². The zero-order valence-electron chi connectivity index (χ0n) is 16.3. The number of piperidine rings is 1. The minimum absolute atomic E-state index is 0.411. The molecule has 0 saturated carbocycles. The van der Waals surface area contributed by atoms with Crippen molar-refractivity contribution in [2.45, 2.75) is 31.5 Å². The van der Waals surface area contributed by atoms with Crippen molar-refractivity contribution in [2.24, 2.45) is 5.92 Å². The Kier molecular flexibility index (Phi) is 6.20. The summed E-state index contributed by atoms with van der Waals surface area (Å²) in [6.45, 7) is 5.66. The van der Waals surface area contributed by atoms with E-state index in [4.69, 9.17) is 0 Å². The minimum atomic E-state index is 0.411. The standard InChI is InChI=1S/C23H32N4/c1-26(16-19-9-4-2-5-10-19)22-13-8-14-27(18-22)17-21-15-24-25-23(21)20-11-6-3-7-12-20/h2-7,9-12,21-25H,8,13-18H2,1H3. The van der Waals surface area contributed by atoms with Crippen LogP contribution < -0.4 is 10.9 Å². The highest BCUT2D eigenvalue weighted by Crippen LogP contribution is 2.27. The van der Waals surface area contributed by atoms with Crippen LogP contribution in [0.1, 0.15) is 30.0 Å². The first-order valence-electron chi connectivity index (χ1n) is 10.3. The van der Waals surface area contributed by atoms with Crippen molar-refractivity contribution in [1.82, 2.24) is 20.7 Å². The molecular formula is C23H32N4. The average molecular weight is 365 g/mol. The van der Waals surface area contributed by atoms with Gasteiger partial charge in [0.05, 0.1) is 6.04 Å². The van der Waals surface area contributed by atoms with Crippen LogP contribution in [0.2, 0.25) is 0 Å². The third-order valence-corrected chi connectivity index (χ3v) is 6.12. The maximum Gasteiger partial charge on any atom is 0.0515 e. The Balaban J connectivity index is 1.34. The highest BCUT2D eigenvalue weighted by Gasteiger charge is 2.32. The van der Waals surface area contributed by atoms with Crippen LogP contribution in [0.3, 0.4) is 0 Å². The zero-order chi connectivity index (χ0) is 18.5. The van der Waals surface area contributed by atoms with Crippen LogP contribution in [-0.4, -0.2) is 49.1 Å². The van der Waals surface area contributed by atoms with Crippen LogP contribution in [0.15, 0.2) is 60.7 Å². The molecule has 0 amide bonds. The zero-order valence-corrected chi connectivity index (χ0v) is 16.3. The molecule has 2 aliphatic heterocycles. The van der Waals surface area contributed by atoms with Crippen molar-refractivity contribution >= 4 is 0 Å². The van der Waals surface area contributed by atoms with E-state index in [1.54, 1.807) is 0 Å². The van der Waals surface area contributed by atoms with Gasteiger partial charge in [-0.2, -0.15) is 0 Å². The van der Waals surface area contributed by atoms with E-state index in [0.717, 1.165) is 19.6 Å². The number of nitrogens with one attached hydrogen (secondary N) is 2. The van der Waals surface area contributed by atoms with Crippen molar-refractivity contribution < 1.29 is 0 Å². The number of hydrogen-bond acceptors (Lipinski definition) is 4. The SMILES string of the molecule is CN(Cc1ccccc1)C1CCCN(CC2CNNC2c2ccccc2)C1. The van der Waals surface area contributed by atoms with E-state index in [1.807, 2.05) is 0 Å². The highest BCUT2D eigenvalue weighted by atomic mass is 15.4. The maximum absolute atomic E-state index is 3.49. The molecule has 4 rings (SSSR count). The average Bonchev–Trinajstić information content (AvgIpc) is 3.18. The summed E-state index contributed by atoms with van der Waals surface area (Å²) in [6.07, 6.45) is 2.61. The summed E-state index contributed by atoms with van der Waals surface area (Å²) in [4.78, 5) is 5.23. The Bertz CT molecular complexity index is 690. The topological polar surface area (TPSA) is 30.5 Å². The molecule has 2 aromatic rings. The second-order valence-corrected chi connectivity index (χ2v) is 8.13. The first kappa shape index (κ1) is 18.6. The van der Waals surface area contributed by atoms with Crippen LogP contribution in [0.25, 0.3) is 0 Å². The normalized spacial score (nSPS) is 26.5. The third-order valence-electron chi connectivity index (χ3n) is 6.12. The van der Waals surface area contributed by atoms with E-state index < -0.39 is 0 Å². The Labute approximate surface area is 163 Å². The van der Waals surface area contributed by atoms with Gasteiger partial charge in [0.2, 0.25) is 0 Å². The molecule has 4 heteroatoms. The van der Waals surface area contributed by atoms with Crippen LogP contribution in [0.4, 0.5) is 0 Å². The Morgan fingerprint density at radius 1 is 1.04 bits per heavy atom. The first-order valence-corrected chi connectivity index (χ1v) is 10.3. The smallest absolute Gasteiger partial charge is 0.0515 e. The molecule has 4 nitrogen and oxygen atoms in total. The molecule has 0 aromatic heterocycles.